The van der Waals surface area contributed by atoms with Gasteiger partial charge in [-0.05, 0) is 43.7 Å². The largest absolute Gasteiger partial charge is 0.439 e. The molecule has 0 amide bonds. The highest BCUT2D eigenvalue weighted by Crippen LogP contribution is 2.27. The second kappa shape index (κ2) is 5.50. The zero-order valence-electron chi connectivity index (χ0n) is 10.3. The molecule has 1 heterocycles. The van der Waals surface area contributed by atoms with Gasteiger partial charge in [0.05, 0.1) is 6.61 Å². The highest BCUT2D eigenvalue weighted by Gasteiger charge is 2.10. The summed E-state index contributed by atoms with van der Waals surface area (Å²) < 4.78 is 6.68. The third-order valence-corrected chi connectivity index (χ3v) is 3.10. The van der Waals surface area contributed by atoms with Crippen LogP contribution >= 0.6 is 15.9 Å². The minimum absolute atomic E-state index is 0.0809. The van der Waals surface area contributed by atoms with E-state index < -0.39 is 0 Å². The van der Waals surface area contributed by atoms with Crippen LogP contribution in [0.4, 0.5) is 0 Å². The number of aromatic nitrogens is 1. The van der Waals surface area contributed by atoms with E-state index in [1.54, 1.807) is 0 Å². The lowest BCUT2D eigenvalue weighted by molar-refractivity contribution is 0.274. The fraction of sp³-hybridized carbons (Fsp3) is 0.214. The Labute approximate surface area is 115 Å². The molecule has 2 rings (SSSR count). The Bertz CT molecular complexity index is 570. The second-order valence-corrected chi connectivity index (χ2v) is 5.00. The zero-order valence-corrected chi connectivity index (χ0v) is 11.9. The molecule has 0 aliphatic heterocycles. The summed E-state index contributed by atoms with van der Waals surface area (Å²) in [4.78, 5) is 4.33. The molecular formula is C14H14BrNO2. The van der Waals surface area contributed by atoms with Gasteiger partial charge < -0.3 is 9.84 Å². The average Bonchev–Trinajstić information content (AvgIpc) is 2.28. The topological polar surface area (TPSA) is 42.4 Å². The third-order valence-electron chi connectivity index (χ3n) is 2.61. The second-order valence-electron chi connectivity index (χ2n) is 4.08. The monoisotopic (exact) mass is 307 g/mol. The third kappa shape index (κ3) is 2.89. The Kier molecular flexibility index (Phi) is 3.99. The van der Waals surface area contributed by atoms with Crippen LogP contribution in [0.15, 0.2) is 34.8 Å². The van der Waals surface area contributed by atoms with Gasteiger partial charge in [-0.15, -0.1) is 0 Å². The number of aliphatic hydroxyl groups excluding tert-OH is 1. The van der Waals surface area contributed by atoms with Gasteiger partial charge in [-0.25, -0.2) is 4.98 Å². The normalized spacial score (nSPS) is 10.4. The van der Waals surface area contributed by atoms with Gasteiger partial charge in [-0.1, -0.05) is 22.0 Å². The zero-order chi connectivity index (χ0) is 13.1. The van der Waals surface area contributed by atoms with Crippen LogP contribution in [0.1, 0.15) is 16.8 Å². The summed E-state index contributed by atoms with van der Waals surface area (Å²) in [6.45, 7) is 3.76. The van der Waals surface area contributed by atoms with Crippen LogP contribution < -0.4 is 4.74 Å². The number of halogens is 1. The van der Waals surface area contributed by atoms with Gasteiger partial charge in [0, 0.05) is 15.7 Å². The van der Waals surface area contributed by atoms with Crippen LogP contribution in [0.25, 0.3) is 0 Å². The van der Waals surface area contributed by atoms with Crippen molar-refractivity contribution in [3.05, 3.63) is 51.6 Å². The summed E-state index contributed by atoms with van der Waals surface area (Å²) in [5.41, 5.74) is 2.57. The molecule has 0 fully saturated rings. The number of benzene rings is 1. The van der Waals surface area contributed by atoms with E-state index in [1.165, 1.54) is 0 Å². The molecule has 94 valence electrons. The quantitative estimate of drug-likeness (QED) is 0.939. The van der Waals surface area contributed by atoms with Gasteiger partial charge in [0.25, 0.3) is 0 Å². The van der Waals surface area contributed by atoms with Crippen molar-refractivity contribution in [1.82, 2.24) is 4.98 Å². The maximum atomic E-state index is 9.39. The molecule has 0 unspecified atom stereocenters. The molecule has 0 atom stereocenters. The average molecular weight is 308 g/mol. The fourth-order valence-electron chi connectivity index (χ4n) is 1.75. The van der Waals surface area contributed by atoms with Crippen LogP contribution in [0, 0.1) is 13.8 Å². The van der Waals surface area contributed by atoms with E-state index in [2.05, 4.69) is 20.9 Å². The molecule has 0 saturated carbocycles. The van der Waals surface area contributed by atoms with Crippen molar-refractivity contribution in [1.29, 1.82) is 0 Å². The number of pyridine rings is 1. The summed E-state index contributed by atoms with van der Waals surface area (Å²) in [5.74, 6) is 1.16. The van der Waals surface area contributed by atoms with E-state index in [1.807, 2.05) is 44.2 Å². The number of hydrogen-bond acceptors (Lipinski definition) is 3. The molecule has 4 heteroatoms. The van der Waals surface area contributed by atoms with Gasteiger partial charge in [0.1, 0.15) is 5.75 Å². The molecule has 1 N–H and O–H groups in total. The van der Waals surface area contributed by atoms with E-state index in [9.17, 15) is 5.11 Å². The summed E-state index contributed by atoms with van der Waals surface area (Å²) in [7, 11) is 0. The smallest absolute Gasteiger partial charge is 0.225 e. The van der Waals surface area contributed by atoms with Crippen molar-refractivity contribution in [3.8, 4) is 11.6 Å². The first kappa shape index (κ1) is 13.1. The lowest BCUT2D eigenvalue weighted by Crippen LogP contribution is -1.99. The van der Waals surface area contributed by atoms with Crippen LogP contribution in [0.2, 0.25) is 0 Å². The molecule has 3 nitrogen and oxygen atoms in total. The molecular weight excluding hydrogens is 294 g/mol. The van der Waals surface area contributed by atoms with E-state index in [0.29, 0.717) is 11.6 Å². The Morgan fingerprint density at radius 2 is 2.06 bits per heavy atom. The molecule has 0 spiro atoms. The van der Waals surface area contributed by atoms with Crippen molar-refractivity contribution in [2.75, 3.05) is 0 Å². The first-order valence-electron chi connectivity index (χ1n) is 5.61. The van der Waals surface area contributed by atoms with Crippen LogP contribution in [0.3, 0.4) is 0 Å². The van der Waals surface area contributed by atoms with Gasteiger partial charge in [-0.2, -0.15) is 0 Å². The van der Waals surface area contributed by atoms with E-state index >= 15 is 0 Å². The van der Waals surface area contributed by atoms with Crippen molar-refractivity contribution in [2.45, 2.75) is 20.5 Å². The maximum absolute atomic E-state index is 9.39. The van der Waals surface area contributed by atoms with Crippen LogP contribution in [0.5, 0.6) is 11.6 Å². The molecule has 0 saturated heterocycles. The lowest BCUT2D eigenvalue weighted by Gasteiger charge is -2.12. The van der Waals surface area contributed by atoms with Gasteiger partial charge >= 0.3 is 0 Å². The Morgan fingerprint density at radius 3 is 2.72 bits per heavy atom. The maximum Gasteiger partial charge on any atom is 0.225 e. The molecule has 0 bridgehead atoms. The number of aliphatic hydroxyl groups is 1. The van der Waals surface area contributed by atoms with E-state index in [4.69, 9.17) is 4.74 Å². The van der Waals surface area contributed by atoms with Gasteiger partial charge in [0.15, 0.2) is 0 Å². The van der Waals surface area contributed by atoms with Crippen molar-refractivity contribution in [2.24, 2.45) is 0 Å². The van der Waals surface area contributed by atoms with Gasteiger partial charge in [0.2, 0.25) is 5.88 Å². The van der Waals surface area contributed by atoms with E-state index in [-0.39, 0.29) is 6.61 Å². The Hall–Kier alpha value is -1.39. The molecule has 0 aliphatic rings. The lowest BCUT2D eigenvalue weighted by atomic mass is 10.1. The summed E-state index contributed by atoms with van der Waals surface area (Å²) in [6.07, 6.45) is 0. The number of ether oxygens (including phenoxy) is 1. The van der Waals surface area contributed by atoms with Crippen molar-refractivity contribution < 1.29 is 9.84 Å². The van der Waals surface area contributed by atoms with Crippen molar-refractivity contribution in [3.63, 3.8) is 0 Å². The highest BCUT2D eigenvalue weighted by atomic mass is 79.9. The summed E-state index contributed by atoms with van der Waals surface area (Å²) in [5, 5.41) is 9.39. The molecule has 1 aromatic heterocycles. The SMILES string of the molecule is Cc1cc(C)c(CO)c(Oc2cccc(Br)c2)n1. The minimum Gasteiger partial charge on any atom is -0.439 e. The molecule has 2 aromatic rings. The number of hydrogen-bond donors (Lipinski definition) is 1. The predicted octanol–water partition coefficient (Wildman–Crippen LogP) is 3.75. The Balaban J connectivity index is 2.39. The van der Waals surface area contributed by atoms with Crippen LogP contribution in [-0.4, -0.2) is 10.1 Å². The number of rotatable bonds is 3. The first-order chi connectivity index (χ1) is 8.60. The molecule has 1 aromatic carbocycles. The van der Waals surface area contributed by atoms with Crippen molar-refractivity contribution >= 4 is 15.9 Å². The molecule has 0 aliphatic carbocycles. The molecule has 0 radical (unpaired) electrons. The predicted molar refractivity (Wildman–Crippen MR) is 73.8 cm³/mol. The molecule has 18 heavy (non-hydrogen) atoms. The summed E-state index contributed by atoms with van der Waals surface area (Å²) in [6, 6.07) is 9.46. The Morgan fingerprint density at radius 1 is 1.28 bits per heavy atom. The standard InChI is InChI=1S/C14H14BrNO2/c1-9-6-10(2)16-14(13(9)8-17)18-12-5-3-4-11(15)7-12/h3-7,17H,8H2,1-2H3. The fourth-order valence-corrected chi connectivity index (χ4v) is 2.13. The number of nitrogens with zero attached hydrogens (tertiary/aromatic N) is 1. The van der Waals surface area contributed by atoms with Gasteiger partial charge in [-0.3, -0.25) is 0 Å². The number of aryl methyl sites for hydroxylation is 2. The van der Waals surface area contributed by atoms with E-state index in [0.717, 1.165) is 21.3 Å². The summed E-state index contributed by atoms with van der Waals surface area (Å²) >= 11 is 3.39. The first-order valence-corrected chi connectivity index (χ1v) is 6.41. The highest BCUT2D eigenvalue weighted by molar-refractivity contribution is 9.10. The minimum atomic E-state index is -0.0809. The van der Waals surface area contributed by atoms with Crippen LogP contribution in [-0.2, 0) is 6.61 Å².